The van der Waals surface area contributed by atoms with Gasteiger partial charge in [0.1, 0.15) is 11.9 Å². The summed E-state index contributed by atoms with van der Waals surface area (Å²) in [5, 5.41) is 5.57. The number of amides is 3. The van der Waals surface area contributed by atoms with Gasteiger partial charge in [-0.1, -0.05) is 24.3 Å². The highest BCUT2D eigenvalue weighted by molar-refractivity contribution is 5.97. The Kier molecular flexibility index (Phi) is 7.42. The number of aryl methyl sites for hydroxylation is 1. The summed E-state index contributed by atoms with van der Waals surface area (Å²) in [6.45, 7) is 5.25. The van der Waals surface area contributed by atoms with Crippen LogP contribution in [0.15, 0.2) is 48.5 Å². The molecule has 2 saturated heterocycles. The van der Waals surface area contributed by atoms with E-state index in [1.807, 2.05) is 41.0 Å². The summed E-state index contributed by atoms with van der Waals surface area (Å²) in [6.07, 6.45) is -0.105. The van der Waals surface area contributed by atoms with Crippen molar-refractivity contribution in [1.29, 1.82) is 0 Å². The maximum atomic E-state index is 14.1. The van der Waals surface area contributed by atoms with Gasteiger partial charge in [0.15, 0.2) is 0 Å². The summed E-state index contributed by atoms with van der Waals surface area (Å²) in [4.78, 5) is 43.8. The molecule has 2 aromatic rings. The lowest BCUT2D eigenvalue weighted by Gasteiger charge is -2.39. The molecule has 0 saturated carbocycles. The Hall–Kier alpha value is -3.46. The van der Waals surface area contributed by atoms with Crippen LogP contribution in [0.2, 0.25) is 0 Å². The summed E-state index contributed by atoms with van der Waals surface area (Å²) < 4.78 is 14.1. The molecule has 0 aliphatic carbocycles. The summed E-state index contributed by atoms with van der Waals surface area (Å²) >= 11 is 0. The van der Waals surface area contributed by atoms with Crippen LogP contribution >= 0.6 is 0 Å². The number of para-hydroxylation sites is 1. The second kappa shape index (κ2) is 10.6. The molecule has 2 heterocycles. The Bertz CT molecular complexity index is 1050. The first-order chi connectivity index (χ1) is 16.4. The van der Waals surface area contributed by atoms with E-state index in [-0.39, 0.29) is 36.5 Å². The van der Waals surface area contributed by atoms with Crippen LogP contribution in [-0.4, -0.2) is 79.4 Å². The van der Waals surface area contributed by atoms with Crippen molar-refractivity contribution in [2.24, 2.45) is 0 Å². The number of nitrogens with zero attached hydrogens (tertiary/aromatic N) is 3. The van der Waals surface area contributed by atoms with Gasteiger partial charge in [0, 0.05) is 45.0 Å². The minimum absolute atomic E-state index is 0.105. The predicted octanol–water partition coefficient (Wildman–Crippen LogP) is 1.61. The van der Waals surface area contributed by atoms with Crippen LogP contribution in [0.1, 0.15) is 12.0 Å². The molecular formula is C25H30FN5O3. The lowest BCUT2D eigenvalue weighted by Crippen LogP contribution is -2.60. The predicted molar refractivity (Wildman–Crippen MR) is 128 cm³/mol. The van der Waals surface area contributed by atoms with Gasteiger partial charge in [-0.15, -0.1) is 0 Å². The minimum Gasteiger partial charge on any atom is -0.367 e. The van der Waals surface area contributed by atoms with Crippen LogP contribution in [0.25, 0.3) is 0 Å². The lowest BCUT2D eigenvalue weighted by molar-refractivity contribution is -0.145. The molecule has 2 N–H and O–H groups in total. The van der Waals surface area contributed by atoms with E-state index in [2.05, 4.69) is 10.6 Å². The number of halogens is 1. The van der Waals surface area contributed by atoms with E-state index in [1.165, 1.54) is 11.0 Å². The monoisotopic (exact) mass is 467 g/mol. The Labute approximate surface area is 198 Å². The fraction of sp³-hybridized carbons (Fsp3) is 0.400. The number of carbonyl (C=O) groups excluding carboxylic acids is 3. The topological polar surface area (TPSA) is 85.0 Å². The van der Waals surface area contributed by atoms with E-state index in [1.54, 1.807) is 18.2 Å². The zero-order chi connectivity index (χ0) is 24.1. The van der Waals surface area contributed by atoms with Crippen molar-refractivity contribution in [3.05, 3.63) is 59.9 Å². The molecule has 2 aliphatic heterocycles. The number of nitrogens with one attached hydrogen (secondary N) is 2. The highest BCUT2D eigenvalue weighted by Crippen LogP contribution is 2.20. The van der Waals surface area contributed by atoms with Crippen molar-refractivity contribution in [1.82, 2.24) is 15.1 Å². The van der Waals surface area contributed by atoms with Gasteiger partial charge < -0.3 is 20.4 Å². The second-order valence-electron chi connectivity index (χ2n) is 8.73. The summed E-state index contributed by atoms with van der Waals surface area (Å²) in [7, 11) is 0. The van der Waals surface area contributed by atoms with Gasteiger partial charge in [0.2, 0.25) is 17.7 Å². The quantitative estimate of drug-likeness (QED) is 0.675. The van der Waals surface area contributed by atoms with Gasteiger partial charge in [-0.3, -0.25) is 19.3 Å². The van der Waals surface area contributed by atoms with Crippen LogP contribution in [-0.2, 0) is 14.4 Å². The van der Waals surface area contributed by atoms with Crippen molar-refractivity contribution in [3.8, 4) is 0 Å². The zero-order valence-corrected chi connectivity index (χ0v) is 19.3. The Morgan fingerprint density at radius 2 is 1.82 bits per heavy atom. The number of hydrogen-bond donors (Lipinski definition) is 2. The number of rotatable bonds is 6. The molecule has 2 aromatic carbocycles. The van der Waals surface area contributed by atoms with Crippen LogP contribution in [0.3, 0.4) is 0 Å². The molecule has 0 bridgehead atoms. The van der Waals surface area contributed by atoms with Crippen molar-refractivity contribution in [3.63, 3.8) is 0 Å². The first-order valence-electron chi connectivity index (χ1n) is 11.6. The minimum atomic E-state index is -0.842. The molecule has 2 fully saturated rings. The highest BCUT2D eigenvalue weighted by Gasteiger charge is 2.35. The molecule has 3 amide bonds. The molecule has 34 heavy (non-hydrogen) atoms. The molecular weight excluding hydrogens is 437 g/mol. The zero-order valence-electron chi connectivity index (χ0n) is 19.3. The van der Waals surface area contributed by atoms with Gasteiger partial charge in [-0.2, -0.15) is 0 Å². The van der Waals surface area contributed by atoms with Crippen LogP contribution in [0.5, 0.6) is 0 Å². The Balaban J connectivity index is 1.33. The second-order valence-corrected chi connectivity index (χ2v) is 8.73. The molecule has 0 aromatic heterocycles. The first-order valence-corrected chi connectivity index (χ1v) is 11.6. The van der Waals surface area contributed by atoms with E-state index >= 15 is 0 Å². The van der Waals surface area contributed by atoms with Crippen molar-refractivity contribution in [2.75, 3.05) is 56.0 Å². The van der Waals surface area contributed by atoms with Gasteiger partial charge >= 0.3 is 0 Å². The summed E-state index contributed by atoms with van der Waals surface area (Å²) in [5.41, 5.74) is 2.24. The number of hydrogen-bond acceptors (Lipinski definition) is 5. The molecule has 9 heteroatoms. The average Bonchev–Trinajstić information content (AvgIpc) is 2.81. The van der Waals surface area contributed by atoms with Crippen molar-refractivity contribution < 1.29 is 18.8 Å². The number of benzene rings is 2. The summed E-state index contributed by atoms with van der Waals surface area (Å²) in [5.74, 6) is -1.06. The van der Waals surface area contributed by atoms with E-state index in [9.17, 15) is 18.8 Å². The Morgan fingerprint density at radius 3 is 2.56 bits per heavy atom. The number of piperazine rings is 2. The fourth-order valence-electron chi connectivity index (χ4n) is 4.46. The molecule has 4 rings (SSSR count). The first kappa shape index (κ1) is 23.7. The maximum Gasteiger partial charge on any atom is 0.243 e. The summed E-state index contributed by atoms with van der Waals surface area (Å²) in [6, 6.07) is 13.3. The normalized spacial score (nSPS) is 19.0. The largest absolute Gasteiger partial charge is 0.367 e. The average molecular weight is 468 g/mol. The van der Waals surface area contributed by atoms with E-state index in [0.29, 0.717) is 50.6 Å². The molecule has 1 unspecified atom stereocenters. The smallest absolute Gasteiger partial charge is 0.243 e. The van der Waals surface area contributed by atoms with Crippen LogP contribution in [0.4, 0.5) is 15.8 Å². The van der Waals surface area contributed by atoms with Gasteiger partial charge in [-0.05, 0) is 36.8 Å². The third-order valence-electron chi connectivity index (χ3n) is 6.26. The Morgan fingerprint density at radius 1 is 1.06 bits per heavy atom. The molecule has 0 spiro atoms. The highest BCUT2D eigenvalue weighted by atomic mass is 19.1. The molecule has 1 atom stereocenters. The molecule has 180 valence electrons. The van der Waals surface area contributed by atoms with E-state index < -0.39 is 6.04 Å². The standard InChI is InChI=1S/C25H30FN5O3/c1-18-5-4-6-19(15-18)28-23(32)16-22-25(34)27-9-10-31(22)24(33)17-29-11-13-30(14-12-29)21-8-3-2-7-20(21)26/h2-8,15,22H,9-14,16-17H2,1H3,(H,27,34)(H,28,32). The SMILES string of the molecule is Cc1cccc(NC(=O)CC2C(=O)NCCN2C(=O)CN2CCN(c3ccccc3F)CC2)c1. The third kappa shape index (κ3) is 5.72. The van der Waals surface area contributed by atoms with Gasteiger partial charge in [0.25, 0.3) is 0 Å². The fourth-order valence-corrected chi connectivity index (χ4v) is 4.46. The van der Waals surface area contributed by atoms with Crippen LogP contribution < -0.4 is 15.5 Å². The maximum absolute atomic E-state index is 14.1. The van der Waals surface area contributed by atoms with E-state index in [4.69, 9.17) is 0 Å². The molecule has 2 aliphatic rings. The lowest BCUT2D eigenvalue weighted by atomic mass is 10.1. The number of anilines is 2. The van der Waals surface area contributed by atoms with E-state index in [0.717, 1.165) is 5.56 Å². The van der Waals surface area contributed by atoms with Crippen LogP contribution in [0, 0.1) is 12.7 Å². The van der Waals surface area contributed by atoms with Gasteiger partial charge in [-0.25, -0.2) is 4.39 Å². The molecule has 0 radical (unpaired) electrons. The van der Waals surface area contributed by atoms with Crippen molar-refractivity contribution in [2.45, 2.75) is 19.4 Å². The molecule has 8 nitrogen and oxygen atoms in total. The van der Waals surface area contributed by atoms with Gasteiger partial charge in [0.05, 0.1) is 18.7 Å². The number of carbonyl (C=O) groups is 3. The van der Waals surface area contributed by atoms with Crippen molar-refractivity contribution >= 4 is 29.1 Å². The third-order valence-corrected chi connectivity index (χ3v) is 6.26.